The first-order valence-corrected chi connectivity index (χ1v) is 5.98. The lowest BCUT2D eigenvalue weighted by atomic mass is 9.78. The quantitative estimate of drug-likeness (QED) is 0.802. The number of furan rings is 1. The Bertz CT molecular complexity index is 287. The summed E-state index contributed by atoms with van der Waals surface area (Å²) >= 11 is 0. The monoisotopic (exact) mass is 207 g/mol. The second-order valence-electron chi connectivity index (χ2n) is 5.08. The third kappa shape index (κ3) is 2.85. The molecule has 84 valence electrons. The van der Waals surface area contributed by atoms with Crippen molar-refractivity contribution in [2.45, 2.75) is 57.5 Å². The van der Waals surface area contributed by atoms with E-state index in [9.17, 15) is 0 Å². The molecule has 2 heteroatoms. The van der Waals surface area contributed by atoms with Crippen LogP contribution in [0.1, 0.15) is 45.3 Å². The van der Waals surface area contributed by atoms with Gasteiger partial charge < -0.3 is 9.73 Å². The summed E-state index contributed by atoms with van der Waals surface area (Å²) in [6.07, 6.45) is 7.99. The van der Waals surface area contributed by atoms with Crippen LogP contribution in [0.2, 0.25) is 0 Å². The van der Waals surface area contributed by atoms with Crippen molar-refractivity contribution in [3.63, 3.8) is 0 Å². The highest BCUT2D eigenvalue weighted by Gasteiger charge is 2.32. The van der Waals surface area contributed by atoms with E-state index in [4.69, 9.17) is 4.42 Å². The molecule has 2 rings (SSSR count). The van der Waals surface area contributed by atoms with Gasteiger partial charge in [-0.05, 0) is 51.7 Å². The van der Waals surface area contributed by atoms with E-state index < -0.39 is 0 Å². The van der Waals surface area contributed by atoms with Crippen molar-refractivity contribution >= 4 is 0 Å². The minimum atomic E-state index is 0.419. The van der Waals surface area contributed by atoms with E-state index in [1.165, 1.54) is 19.3 Å². The zero-order valence-corrected chi connectivity index (χ0v) is 9.75. The van der Waals surface area contributed by atoms with Gasteiger partial charge in [0.2, 0.25) is 0 Å². The molecule has 0 bridgehead atoms. The first-order chi connectivity index (χ1) is 7.18. The number of nitrogens with one attached hydrogen (secondary N) is 1. The Morgan fingerprint density at radius 1 is 1.53 bits per heavy atom. The average Bonchev–Trinajstić information content (AvgIpc) is 2.64. The molecule has 0 spiro atoms. The van der Waals surface area contributed by atoms with E-state index in [1.807, 2.05) is 6.07 Å². The number of hydrogen-bond acceptors (Lipinski definition) is 2. The summed E-state index contributed by atoms with van der Waals surface area (Å²) in [5.74, 6) is 1.10. The first-order valence-electron chi connectivity index (χ1n) is 5.98. The highest BCUT2D eigenvalue weighted by Crippen LogP contribution is 2.31. The van der Waals surface area contributed by atoms with Crippen molar-refractivity contribution in [3.05, 3.63) is 24.2 Å². The molecule has 1 N–H and O–H groups in total. The van der Waals surface area contributed by atoms with Gasteiger partial charge in [-0.1, -0.05) is 0 Å². The Morgan fingerprint density at radius 2 is 2.33 bits per heavy atom. The Hall–Kier alpha value is -0.760. The van der Waals surface area contributed by atoms with Gasteiger partial charge >= 0.3 is 0 Å². The molecule has 1 aliphatic carbocycles. The van der Waals surface area contributed by atoms with Gasteiger partial charge in [-0.2, -0.15) is 0 Å². The van der Waals surface area contributed by atoms with Crippen LogP contribution in [-0.2, 0) is 6.42 Å². The van der Waals surface area contributed by atoms with Crippen molar-refractivity contribution in [2.75, 3.05) is 0 Å². The lowest BCUT2D eigenvalue weighted by molar-refractivity contribution is 0.185. The summed E-state index contributed by atoms with van der Waals surface area (Å²) in [5, 5.41) is 3.71. The van der Waals surface area contributed by atoms with Gasteiger partial charge in [0.05, 0.1) is 6.26 Å². The second-order valence-corrected chi connectivity index (χ2v) is 5.08. The highest BCUT2D eigenvalue weighted by molar-refractivity contribution is 4.99. The largest absolute Gasteiger partial charge is 0.469 e. The maximum Gasteiger partial charge on any atom is 0.103 e. The molecular formula is C13H21NO. The maximum absolute atomic E-state index is 5.33. The molecule has 0 saturated heterocycles. The van der Waals surface area contributed by atoms with Gasteiger partial charge in [-0.25, -0.2) is 0 Å². The van der Waals surface area contributed by atoms with E-state index in [1.54, 1.807) is 6.26 Å². The summed E-state index contributed by atoms with van der Waals surface area (Å²) in [6, 6.07) is 4.60. The molecule has 2 nitrogen and oxygen atoms in total. The van der Waals surface area contributed by atoms with E-state index in [-0.39, 0.29) is 0 Å². The zero-order valence-electron chi connectivity index (χ0n) is 9.75. The van der Waals surface area contributed by atoms with Crippen molar-refractivity contribution < 1.29 is 4.42 Å². The molecule has 1 fully saturated rings. The average molecular weight is 207 g/mol. The molecule has 0 aromatic carbocycles. The summed E-state index contributed by atoms with van der Waals surface area (Å²) in [6.45, 7) is 4.60. The summed E-state index contributed by atoms with van der Waals surface area (Å²) < 4.78 is 5.33. The smallest absolute Gasteiger partial charge is 0.103 e. The van der Waals surface area contributed by atoms with E-state index in [0.29, 0.717) is 11.6 Å². The van der Waals surface area contributed by atoms with Crippen LogP contribution in [0.3, 0.4) is 0 Å². The minimum absolute atomic E-state index is 0.419. The van der Waals surface area contributed by atoms with Crippen LogP contribution in [-0.4, -0.2) is 11.6 Å². The Labute approximate surface area is 92.1 Å². The minimum Gasteiger partial charge on any atom is -0.469 e. The Kier molecular flexibility index (Phi) is 3.15. The fourth-order valence-electron chi connectivity index (χ4n) is 2.33. The first kappa shape index (κ1) is 10.7. The summed E-state index contributed by atoms with van der Waals surface area (Å²) in [7, 11) is 0. The van der Waals surface area contributed by atoms with E-state index in [0.717, 1.165) is 18.6 Å². The normalized spacial score (nSPS) is 20.9. The molecule has 1 aliphatic rings. The fraction of sp³-hybridized carbons (Fsp3) is 0.692. The third-order valence-corrected chi connectivity index (χ3v) is 3.46. The molecule has 0 radical (unpaired) electrons. The van der Waals surface area contributed by atoms with Gasteiger partial charge in [0, 0.05) is 18.0 Å². The molecule has 15 heavy (non-hydrogen) atoms. The number of rotatable bonds is 5. The molecular weight excluding hydrogens is 186 g/mol. The maximum atomic E-state index is 5.33. The SMILES string of the molecule is CC(CCc1ccco1)NC1(C)CCC1. The van der Waals surface area contributed by atoms with Crippen LogP contribution in [0.4, 0.5) is 0 Å². The Balaban J connectivity index is 1.70. The standard InChI is InChI=1S/C13H21NO/c1-11(14-13(2)8-4-9-13)6-7-12-5-3-10-15-12/h3,5,10-11,14H,4,6-9H2,1-2H3. The molecule has 0 amide bonds. The van der Waals surface area contributed by atoms with Crippen molar-refractivity contribution in [2.24, 2.45) is 0 Å². The van der Waals surface area contributed by atoms with Crippen LogP contribution in [0.15, 0.2) is 22.8 Å². The second kappa shape index (κ2) is 4.40. The Morgan fingerprint density at radius 3 is 2.87 bits per heavy atom. The molecule has 1 heterocycles. The summed E-state index contributed by atoms with van der Waals surface area (Å²) in [4.78, 5) is 0. The van der Waals surface area contributed by atoms with Crippen LogP contribution in [0.5, 0.6) is 0 Å². The van der Waals surface area contributed by atoms with Crippen molar-refractivity contribution in [3.8, 4) is 0 Å². The molecule has 1 unspecified atom stereocenters. The molecule has 1 atom stereocenters. The summed E-state index contributed by atoms with van der Waals surface area (Å²) in [5.41, 5.74) is 0.419. The molecule has 1 aromatic rings. The number of hydrogen-bond donors (Lipinski definition) is 1. The predicted molar refractivity (Wildman–Crippen MR) is 61.9 cm³/mol. The van der Waals surface area contributed by atoms with Crippen LogP contribution in [0.25, 0.3) is 0 Å². The fourth-order valence-corrected chi connectivity index (χ4v) is 2.33. The van der Waals surface area contributed by atoms with Crippen LogP contribution < -0.4 is 5.32 Å². The molecule has 0 aliphatic heterocycles. The van der Waals surface area contributed by atoms with Gasteiger partial charge in [-0.15, -0.1) is 0 Å². The van der Waals surface area contributed by atoms with Crippen LogP contribution >= 0.6 is 0 Å². The van der Waals surface area contributed by atoms with Gasteiger partial charge in [0.25, 0.3) is 0 Å². The van der Waals surface area contributed by atoms with Gasteiger partial charge in [0.1, 0.15) is 5.76 Å². The zero-order chi connectivity index (χ0) is 10.7. The van der Waals surface area contributed by atoms with Gasteiger partial charge in [-0.3, -0.25) is 0 Å². The predicted octanol–water partition coefficient (Wildman–Crippen LogP) is 3.13. The lowest BCUT2D eigenvalue weighted by Gasteiger charge is -2.41. The molecule has 1 saturated carbocycles. The van der Waals surface area contributed by atoms with Crippen molar-refractivity contribution in [1.29, 1.82) is 0 Å². The van der Waals surface area contributed by atoms with E-state index >= 15 is 0 Å². The topological polar surface area (TPSA) is 25.2 Å². The van der Waals surface area contributed by atoms with Crippen molar-refractivity contribution in [1.82, 2.24) is 5.32 Å². The number of aryl methyl sites for hydroxylation is 1. The molecule has 1 aromatic heterocycles. The van der Waals surface area contributed by atoms with Gasteiger partial charge in [0.15, 0.2) is 0 Å². The van der Waals surface area contributed by atoms with E-state index in [2.05, 4.69) is 25.2 Å². The highest BCUT2D eigenvalue weighted by atomic mass is 16.3. The lowest BCUT2D eigenvalue weighted by Crippen LogP contribution is -2.51. The third-order valence-electron chi connectivity index (χ3n) is 3.46. The van der Waals surface area contributed by atoms with Crippen LogP contribution in [0, 0.1) is 0 Å².